The Morgan fingerprint density at radius 2 is 0.450 bits per heavy atom. The maximum Gasteiger partial charge on any atom is 0.325 e. The summed E-state index contributed by atoms with van der Waals surface area (Å²) in [5, 5.41) is 0. The second-order valence-electron chi connectivity index (χ2n) is 12.0. The van der Waals surface area contributed by atoms with E-state index in [0.29, 0.717) is 12.8 Å². The molecule has 0 bridgehead atoms. The fourth-order valence-electron chi connectivity index (χ4n) is 5.02. The van der Waals surface area contributed by atoms with Crippen LogP contribution in [0.4, 0.5) is 0 Å². The molecule has 0 spiro atoms. The standard InChI is InChI=1S/2C16H35O3P/c2*1-2-3-4-5-6-7-8-9-10-11-12-13-14-15-16-20(17,18)19/h2*2-16H2,1H3,(H2,17,18,19). The van der Waals surface area contributed by atoms with Crippen LogP contribution in [0.3, 0.4) is 0 Å². The first-order valence-corrected chi connectivity index (χ1v) is 20.8. The number of hydrogen-bond donors (Lipinski definition) is 4. The van der Waals surface area contributed by atoms with E-state index in [-0.39, 0.29) is 12.3 Å². The molecule has 0 atom stereocenters. The molecular weight excluding hydrogens is 542 g/mol. The highest BCUT2D eigenvalue weighted by Gasteiger charge is 2.11. The van der Waals surface area contributed by atoms with Crippen LogP contribution in [0.15, 0.2) is 0 Å². The lowest BCUT2D eigenvalue weighted by atomic mass is 10.0. The van der Waals surface area contributed by atoms with Crippen LogP contribution in [0.1, 0.15) is 194 Å². The van der Waals surface area contributed by atoms with Gasteiger partial charge < -0.3 is 19.6 Å². The summed E-state index contributed by atoms with van der Waals surface area (Å²) in [6.07, 6.45) is 35.4. The Morgan fingerprint density at radius 1 is 0.300 bits per heavy atom. The molecule has 0 aromatic heterocycles. The fraction of sp³-hybridized carbons (Fsp3) is 1.00. The van der Waals surface area contributed by atoms with E-state index in [1.54, 1.807) is 0 Å². The van der Waals surface area contributed by atoms with Gasteiger partial charge >= 0.3 is 15.2 Å². The smallest absolute Gasteiger partial charge is 0.324 e. The Bertz CT molecular complexity index is 526. The van der Waals surface area contributed by atoms with Crippen LogP contribution in [-0.2, 0) is 9.13 Å². The van der Waals surface area contributed by atoms with Crippen LogP contribution in [0, 0.1) is 0 Å². The zero-order chi connectivity index (χ0) is 30.2. The van der Waals surface area contributed by atoms with E-state index in [2.05, 4.69) is 13.8 Å². The van der Waals surface area contributed by atoms with E-state index in [1.807, 2.05) is 0 Å². The van der Waals surface area contributed by atoms with Gasteiger partial charge in [0.15, 0.2) is 0 Å². The average molecular weight is 613 g/mol. The van der Waals surface area contributed by atoms with Gasteiger partial charge in [0.2, 0.25) is 0 Å². The summed E-state index contributed by atoms with van der Waals surface area (Å²) in [6.45, 7) is 4.51. The van der Waals surface area contributed by atoms with E-state index in [9.17, 15) is 9.13 Å². The van der Waals surface area contributed by atoms with Gasteiger partial charge in [0.1, 0.15) is 0 Å². The van der Waals surface area contributed by atoms with E-state index < -0.39 is 15.2 Å². The van der Waals surface area contributed by atoms with Crippen molar-refractivity contribution in [3.05, 3.63) is 0 Å². The van der Waals surface area contributed by atoms with Crippen molar-refractivity contribution in [1.82, 2.24) is 0 Å². The molecule has 8 heteroatoms. The molecule has 6 nitrogen and oxygen atoms in total. The van der Waals surface area contributed by atoms with Gasteiger partial charge in [-0.05, 0) is 12.8 Å². The monoisotopic (exact) mass is 612 g/mol. The predicted molar refractivity (Wildman–Crippen MR) is 174 cm³/mol. The van der Waals surface area contributed by atoms with Crippen molar-refractivity contribution in [3.8, 4) is 0 Å². The lowest BCUT2D eigenvalue weighted by Gasteiger charge is -2.04. The quantitative estimate of drug-likeness (QED) is 0.0474. The van der Waals surface area contributed by atoms with Crippen molar-refractivity contribution < 1.29 is 28.7 Å². The van der Waals surface area contributed by atoms with Gasteiger partial charge in [0, 0.05) is 12.3 Å². The van der Waals surface area contributed by atoms with Crippen LogP contribution in [0.5, 0.6) is 0 Å². The Hall–Kier alpha value is 0.300. The zero-order valence-corrected chi connectivity index (χ0v) is 28.5. The minimum absolute atomic E-state index is 0.0605. The molecule has 0 unspecified atom stereocenters. The number of rotatable bonds is 30. The molecule has 0 aliphatic heterocycles. The summed E-state index contributed by atoms with van der Waals surface area (Å²) < 4.78 is 21.3. The molecule has 4 N–H and O–H groups in total. The second kappa shape index (κ2) is 32.2. The molecule has 244 valence electrons. The molecule has 0 fully saturated rings. The van der Waals surface area contributed by atoms with Gasteiger partial charge in [-0.25, -0.2) is 0 Å². The molecular formula is C32H70O6P2. The minimum Gasteiger partial charge on any atom is -0.324 e. The molecule has 0 amide bonds. The van der Waals surface area contributed by atoms with Crippen molar-refractivity contribution in [3.63, 3.8) is 0 Å². The van der Waals surface area contributed by atoms with Gasteiger partial charge in [-0.3, -0.25) is 9.13 Å². The molecule has 0 aliphatic carbocycles. The predicted octanol–water partition coefficient (Wildman–Crippen LogP) is 11.3. The maximum atomic E-state index is 10.6. The van der Waals surface area contributed by atoms with Crippen molar-refractivity contribution in [1.29, 1.82) is 0 Å². The lowest BCUT2D eigenvalue weighted by Crippen LogP contribution is -1.88. The van der Waals surface area contributed by atoms with Crippen LogP contribution in [-0.4, -0.2) is 31.9 Å². The molecule has 0 aliphatic rings. The van der Waals surface area contributed by atoms with Crippen molar-refractivity contribution in [2.24, 2.45) is 0 Å². The number of hydrogen-bond acceptors (Lipinski definition) is 2. The third-order valence-corrected chi connectivity index (χ3v) is 9.40. The first-order chi connectivity index (χ1) is 19.1. The summed E-state index contributed by atoms with van der Waals surface area (Å²) >= 11 is 0. The molecule has 0 heterocycles. The summed E-state index contributed by atoms with van der Waals surface area (Å²) in [6, 6.07) is 0. The molecule has 0 aromatic rings. The topological polar surface area (TPSA) is 115 Å². The van der Waals surface area contributed by atoms with E-state index in [4.69, 9.17) is 19.6 Å². The van der Waals surface area contributed by atoms with Gasteiger partial charge in [0.05, 0.1) is 0 Å². The highest BCUT2D eigenvalue weighted by Crippen LogP contribution is 2.36. The molecule has 0 aromatic carbocycles. The van der Waals surface area contributed by atoms with Crippen molar-refractivity contribution in [2.75, 3.05) is 12.3 Å². The minimum atomic E-state index is -3.75. The van der Waals surface area contributed by atoms with Crippen LogP contribution < -0.4 is 0 Å². The third-order valence-electron chi connectivity index (χ3n) is 7.61. The summed E-state index contributed by atoms with van der Waals surface area (Å²) in [4.78, 5) is 34.9. The molecule has 0 saturated heterocycles. The molecule has 0 radical (unpaired) electrons. The Labute approximate surface area is 249 Å². The highest BCUT2D eigenvalue weighted by molar-refractivity contribution is 7.52. The SMILES string of the molecule is CCCCCCCCCCCCCCCCP(=O)(O)O.CCCCCCCCCCCCCCCCP(=O)(O)O. The highest BCUT2D eigenvalue weighted by atomic mass is 31.2. The summed E-state index contributed by atoms with van der Waals surface area (Å²) in [5.41, 5.74) is 0. The number of unbranched alkanes of at least 4 members (excludes halogenated alkanes) is 26. The van der Waals surface area contributed by atoms with Gasteiger partial charge in [-0.2, -0.15) is 0 Å². The molecule has 0 rings (SSSR count). The first kappa shape index (κ1) is 42.4. The van der Waals surface area contributed by atoms with Crippen molar-refractivity contribution >= 4 is 15.2 Å². The summed E-state index contributed by atoms with van der Waals surface area (Å²) in [5.74, 6) is 0. The van der Waals surface area contributed by atoms with Gasteiger partial charge in [-0.1, -0.05) is 181 Å². The normalized spacial score (nSPS) is 11.9. The Morgan fingerprint density at radius 3 is 0.600 bits per heavy atom. The second-order valence-corrected chi connectivity index (χ2v) is 15.5. The maximum absolute atomic E-state index is 10.6. The fourth-order valence-corrected chi connectivity index (χ4v) is 6.30. The zero-order valence-electron chi connectivity index (χ0n) is 26.7. The van der Waals surface area contributed by atoms with Gasteiger partial charge in [0.25, 0.3) is 0 Å². The van der Waals surface area contributed by atoms with Crippen LogP contribution in [0.25, 0.3) is 0 Å². The van der Waals surface area contributed by atoms with Crippen LogP contribution >= 0.6 is 15.2 Å². The van der Waals surface area contributed by atoms with E-state index in [1.165, 1.54) is 141 Å². The largest absolute Gasteiger partial charge is 0.325 e. The first-order valence-electron chi connectivity index (χ1n) is 17.2. The van der Waals surface area contributed by atoms with Crippen LogP contribution in [0.2, 0.25) is 0 Å². The van der Waals surface area contributed by atoms with E-state index in [0.717, 1.165) is 25.7 Å². The van der Waals surface area contributed by atoms with E-state index >= 15 is 0 Å². The lowest BCUT2D eigenvalue weighted by molar-refractivity contribution is 0.368. The molecule has 0 saturated carbocycles. The Kier molecular flexibility index (Phi) is 34.2. The molecule has 40 heavy (non-hydrogen) atoms. The summed E-state index contributed by atoms with van der Waals surface area (Å²) in [7, 11) is -7.50. The van der Waals surface area contributed by atoms with Gasteiger partial charge in [-0.15, -0.1) is 0 Å². The average Bonchev–Trinajstić information content (AvgIpc) is 2.88. The third kappa shape index (κ3) is 45.3. The van der Waals surface area contributed by atoms with Crippen molar-refractivity contribution in [2.45, 2.75) is 194 Å². The Balaban J connectivity index is 0.